The molecule has 5 nitrogen and oxygen atoms in total. The van der Waals surface area contributed by atoms with Crippen molar-refractivity contribution in [3.05, 3.63) is 58.6 Å². The number of anilines is 1. The Morgan fingerprint density at radius 3 is 2.56 bits per heavy atom. The van der Waals surface area contributed by atoms with Gasteiger partial charge in [0.05, 0.1) is 11.6 Å². The van der Waals surface area contributed by atoms with Gasteiger partial charge in [0.15, 0.2) is 0 Å². The van der Waals surface area contributed by atoms with Crippen LogP contribution in [0, 0.1) is 6.92 Å². The van der Waals surface area contributed by atoms with Gasteiger partial charge >= 0.3 is 6.61 Å². The quantitative estimate of drug-likeness (QED) is 0.818. The van der Waals surface area contributed by atoms with Crippen molar-refractivity contribution in [1.29, 1.82) is 0 Å². The van der Waals surface area contributed by atoms with Crippen LogP contribution in [0.5, 0.6) is 5.75 Å². The lowest BCUT2D eigenvalue weighted by molar-refractivity contribution is -0.115. The average Bonchev–Trinajstić information content (AvgIpc) is 2.55. The van der Waals surface area contributed by atoms with E-state index < -0.39 is 12.5 Å². The van der Waals surface area contributed by atoms with Crippen LogP contribution in [0.4, 0.5) is 14.5 Å². The molecule has 2 aromatic rings. The summed E-state index contributed by atoms with van der Waals surface area (Å²) in [4.78, 5) is 23.9. The molecule has 2 N–H and O–H groups in total. The van der Waals surface area contributed by atoms with Crippen LogP contribution in [0.25, 0.3) is 0 Å². The molecule has 0 unspecified atom stereocenters. The highest BCUT2D eigenvalue weighted by Crippen LogP contribution is 2.28. The first-order valence-electron chi connectivity index (χ1n) is 7.25. The zero-order chi connectivity index (χ0) is 18.4. The highest BCUT2D eigenvalue weighted by atomic mass is 35.5. The minimum atomic E-state index is -2.99. The van der Waals surface area contributed by atoms with Crippen molar-refractivity contribution in [2.45, 2.75) is 13.5 Å². The molecule has 8 heteroatoms. The van der Waals surface area contributed by atoms with Crippen LogP contribution in [0.1, 0.15) is 15.9 Å². The molecule has 25 heavy (non-hydrogen) atoms. The molecule has 0 heterocycles. The van der Waals surface area contributed by atoms with Gasteiger partial charge in [-0.2, -0.15) is 8.78 Å². The van der Waals surface area contributed by atoms with Crippen molar-refractivity contribution in [3.63, 3.8) is 0 Å². The second-order valence-corrected chi connectivity index (χ2v) is 5.48. The maximum Gasteiger partial charge on any atom is 0.387 e. The molecular formula is C17H15ClF2N2O3. The van der Waals surface area contributed by atoms with Crippen LogP contribution in [-0.2, 0) is 4.79 Å². The summed E-state index contributed by atoms with van der Waals surface area (Å²) in [6.07, 6.45) is 0. The maximum absolute atomic E-state index is 12.2. The standard InChI is InChI=1S/C17H15ClF2N2O3/c1-10-4-2-3-5-12(10)16(24)21-9-15(23)22-11-6-7-14(13(18)8-11)25-17(19)20/h2-8,17H,9H2,1H3,(H,21,24)(H,22,23). The number of halogens is 3. The summed E-state index contributed by atoms with van der Waals surface area (Å²) in [5, 5.41) is 4.94. The summed E-state index contributed by atoms with van der Waals surface area (Å²) in [6, 6.07) is 10.8. The van der Waals surface area contributed by atoms with Gasteiger partial charge in [-0.05, 0) is 36.8 Å². The second kappa shape index (κ2) is 8.43. The summed E-state index contributed by atoms with van der Waals surface area (Å²) in [5.74, 6) is -1.05. The Morgan fingerprint density at radius 2 is 1.92 bits per heavy atom. The van der Waals surface area contributed by atoms with Crippen LogP contribution >= 0.6 is 11.6 Å². The third-order valence-corrected chi connectivity index (χ3v) is 3.53. The lowest BCUT2D eigenvalue weighted by Gasteiger charge is -2.10. The van der Waals surface area contributed by atoms with Crippen molar-refractivity contribution < 1.29 is 23.1 Å². The number of rotatable bonds is 6. The van der Waals surface area contributed by atoms with Gasteiger partial charge in [0.25, 0.3) is 5.91 Å². The number of benzene rings is 2. The zero-order valence-corrected chi connectivity index (χ0v) is 13.9. The Bertz CT molecular complexity index is 784. The summed E-state index contributed by atoms with van der Waals surface area (Å²) in [6.45, 7) is -1.45. The van der Waals surface area contributed by atoms with E-state index >= 15 is 0 Å². The number of hydrogen-bond donors (Lipinski definition) is 2. The summed E-state index contributed by atoms with van der Waals surface area (Å²) in [5.41, 5.74) is 1.57. The van der Waals surface area contributed by atoms with E-state index in [1.165, 1.54) is 18.2 Å². The lowest BCUT2D eigenvalue weighted by atomic mass is 10.1. The van der Waals surface area contributed by atoms with Crippen LogP contribution in [-0.4, -0.2) is 25.0 Å². The molecule has 0 spiro atoms. The molecule has 2 rings (SSSR count). The smallest absolute Gasteiger partial charge is 0.387 e. The van der Waals surface area contributed by atoms with E-state index in [4.69, 9.17) is 11.6 Å². The van der Waals surface area contributed by atoms with Gasteiger partial charge in [-0.1, -0.05) is 29.8 Å². The largest absolute Gasteiger partial charge is 0.433 e. The summed E-state index contributed by atoms with van der Waals surface area (Å²) >= 11 is 5.80. The number of ether oxygens (including phenoxy) is 1. The number of hydrogen-bond acceptors (Lipinski definition) is 3. The molecule has 0 saturated heterocycles. The number of carbonyl (C=O) groups excluding carboxylic acids is 2. The third-order valence-electron chi connectivity index (χ3n) is 3.23. The van der Waals surface area contributed by atoms with E-state index in [0.29, 0.717) is 11.3 Å². The molecule has 0 saturated carbocycles. The molecule has 0 aliphatic heterocycles. The number of amides is 2. The van der Waals surface area contributed by atoms with Crippen molar-refractivity contribution in [2.75, 3.05) is 11.9 Å². The van der Waals surface area contributed by atoms with Gasteiger partial charge in [-0.25, -0.2) is 0 Å². The fraction of sp³-hybridized carbons (Fsp3) is 0.176. The molecule has 0 aromatic heterocycles. The normalized spacial score (nSPS) is 10.4. The number of alkyl halides is 2. The number of aryl methyl sites for hydroxylation is 1. The summed E-state index contributed by atoms with van der Waals surface area (Å²) in [7, 11) is 0. The van der Waals surface area contributed by atoms with Crippen LogP contribution in [0.2, 0.25) is 5.02 Å². The van der Waals surface area contributed by atoms with Gasteiger partial charge in [0.2, 0.25) is 5.91 Å². The van der Waals surface area contributed by atoms with E-state index in [2.05, 4.69) is 15.4 Å². The van der Waals surface area contributed by atoms with Crippen molar-refractivity contribution in [1.82, 2.24) is 5.32 Å². The lowest BCUT2D eigenvalue weighted by Crippen LogP contribution is -2.33. The van der Waals surface area contributed by atoms with Crippen molar-refractivity contribution in [2.24, 2.45) is 0 Å². The maximum atomic E-state index is 12.2. The van der Waals surface area contributed by atoms with Crippen LogP contribution in [0.3, 0.4) is 0 Å². The monoisotopic (exact) mass is 368 g/mol. The fourth-order valence-corrected chi connectivity index (χ4v) is 2.28. The van der Waals surface area contributed by atoms with Gasteiger partial charge in [-0.3, -0.25) is 9.59 Å². The molecule has 0 aliphatic rings. The predicted octanol–water partition coefficient (Wildman–Crippen LogP) is 3.62. The molecule has 0 radical (unpaired) electrons. The molecule has 0 aliphatic carbocycles. The SMILES string of the molecule is Cc1ccccc1C(=O)NCC(=O)Nc1ccc(OC(F)F)c(Cl)c1. The first-order chi connectivity index (χ1) is 11.9. The van der Waals surface area contributed by atoms with E-state index in [1.54, 1.807) is 25.1 Å². The zero-order valence-electron chi connectivity index (χ0n) is 13.2. The average molecular weight is 369 g/mol. The minimum Gasteiger partial charge on any atom is -0.433 e. The molecule has 0 fully saturated rings. The Morgan fingerprint density at radius 1 is 1.20 bits per heavy atom. The van der Waals surface area contributed by atoms with Crippen LogP contribution in [0.15, 0.2) is 42.5 Å². The molecule has 2 amide bonds. The van der Waals surface area contributed by atoms with E-state index in [1.807, 2.05) is 6.07 Å². The number of carbonyl (C=O) groups is 2. The predicted molar refractivity (Wildman–Crippen MR) is 90.2 cm³/mol. The highest BCUT2D eigenvalue weighted by molar-refractivity contribution is 6.32. The first-order valence-corrected chi connectivity index (χ1v) is 7.62. The van der Waals surface area contributed by atoms with Gasteiger partial charge in [0, 0.05) is 11.3 Å². The first kappa shape index (κ1) is 18.7. The Hall–Kier alpha value is -2.67. The third kappa shape index (κ3) is 5.42. The Kier molecular flexibility index (Phi) is 6.30. The molecule has 0 atom stereocenters. The minimum absolute atomic E-state index is 0.0676. The van der Waals surface area contributed by atoms with Gasteiger partial charge in [0.1, 0.15) is 5.75 Å². The van der Waals surface area contributed by atoms with Gasteiger partial charge < -0.3 is 15.4 Å². The fourth-order valence-electron chi connectivity index (χ4n) is 2.06. The van der Waals surface area contributed by atoms with Crippen molar-refractivity contribution >= 4 is 29.1 Å². The number of nitrogens with one attached hydrogen (secondary N) is 2. The second-order valence-electron chi connectivity index (χ2n) is 5.07. The van der Waals surface area contributed by atoms with Gasteiger partial charge in [-0.15, -0.1) is 0 Å². The highest BCUT2D eigenvalue weighted by Gasteiger charge is 2.12. The Balaban J connectivity index is 1.91. The van der Waals surface area contributed by atoms with E-state index in [9.17, 15) is 18.4 Å². The van der Waals surface area contributed by atoms with Crippen molar-refractivity contribution in [3.8, 4) is 5.75 Å². The topological polar surface area (TPSA) is 67.4 Å². The Labute approximate surface area is 147 Å². The molecule has 132 valence electrons. The molecule has 0 bridgehead atoms. The summed E-state index contributed by atoms with van der Waals surface area (Å²) < 4.78 is 28.5. The van der Waals surface area contributed by atoms with Crippen LogP contribution < -0.4 is 15.4 Å². The van der Waals surface area contributed by atoms with E-state index in [-0.39, 0.29) is 23.2 Å². The van der Waals surface area contributed by atoms with E-state index in [0.717, 1.165) is 5.56 Å². The molecular weight excluding hydrogens is 354 g/mol. The molecule has 2 aromatic carbocycles.